The van der Waals surface area contributed by atoms with Gasteiger partial charge >= 0.3 is 0 Å². The maximum Gasteiger partial charge on any atom is 0.180 e. The smallest absolute Gasteiger partial charge is 0.180 e. The molecule has 1 unspecified atom stereocenters. The van der Waals surface area contributed by atoms with Crippen molar-refractivity contribution in [1.82, 2.24) is 4.90 Å². The van der Waals surface area contributed by atoms with Gasteiger partial charge in [0.05, 0.1) is 18.7 Å². The van der Waals surface area contributed by atoms with Gasteiger partial charge in [0.1, 0.15) is 6.73 Å². The Morgan fingerprint density at radius 1 is 1.28 bits per heavy atom. The highest BCUT2D eigenvalue weighted by atomic mass is 19.1. The monoisotopic (exact) mass is 438 g/mol. The number of fused-ring (bicyclic) bond motifs is 1. The van der Waals surface area contributed by atoms with E-state index in [4.69, 9.17) is 9.47 Å². The molecule has 2 aliphatic heterocycles. The van der Waals surface area contributed by atoms with Crippen LogP contribution in [0.5, 0.6) is 5.75 Å². The minimum atomic E-state index is -0.435. The second-order valence-electron chi connectivity index (χ2n) is 8.49. The lowest BCUT2D eigenvalue weighted by molar-refractivity contribution is -0.00594. The molecular formula is C26H31FN2O3. The molecule has 4 rings (SSSR count). The average Bonchev–Trinajstić information content (AvgIpc) is 2.98. The molecule has 0 spiro atoms. The number of nitrogens with zero attached hydrogens (tertiary/aromatic N) is 1. The van der Waals surface area contributed by atoms with E-state index in [1.54, 1.807) is 6.92 Å². The Morgan fingerprint density at radius 3 is 2.81 bits per heavy atom. The van der Waals surface area contributed by atoms with E-state index in [0.717, 1.165) is 42.7 Å². The van der Waals surface area contributed by atoms with Crippen LogP contribution >= 0.6 is 0 Å². The highest BCUT2D eigenvalue weighted by Crippen LogP contribution is 2.33. The number of nitrogens with one attached hydrogen (secondary N) is 1. The fourth-order valence-electron chi connectivity index (χ4n) is 4.23. The van der Waals surface area contributed by atoms with Crippen LogP contribution in [0.25, 0.3) is 0 Å². The van der Waals surface area contributed by atoms with Gasteiger partial charge in [0, 0.05) is 18.3 Å². The molecule has 5 nitrogen and oxygen atoms in total. The van der Waals surface area contributed by atoms with Gasteiger partial charge in [0.2, 0.25) is 0 Å². The van der Waals surface area contributed by atoms with E-state index in [1.807, 2.05) is 41.4 Å². The van der Waals surface area contributed by atoms with Crippen LogP contribution in [-0.4, -0.2) is 43.2 Å². The molecule has 0 radical (unpaired) electrons. The summed E-state index contributed by atoms with van der Waals surface area (Å²) in [4.78, 5) is 15.0. The van der Waals surface area contributed by atoms with Crippen LogP contribution in [0.2, 0.25) is 0 Å². The summed E-state index contributed by atoms with van der Waals surface area (Å²) in [7, 11) is 0. The van der Waals surface area contributed by atoms with Crippen LogP contribution < -0.4 is 10.1 Å². The number of carbonyl (C=O) groups is 1. The van der Waals surface area contributed by atoms with E-state index in [9.17, 15) is 4.79 Å². The summed E-state index contributed by atoms with van der Waals surface area (Å²) < 4.78 is 26.7. The quantitative estimate of drug-likeness (QED) is 0.682. The van der Waals surface area contributed by atoms with Crippen LogP contribution in [0, 0.1) is 12.7 Å². The molecule has 0 aliphatic carbocycles. The topological polar surface area (TPSA) is 50.8 Å². The molecule has 2 heterocycles. The van der Waals surface area contributed by atoms with Crippen molar-refractivity contribution in [3.05, 3.63) is 70.7 Å². The molecule has 2 aromatic carbocycles. The summed E-state index contributed by atoms with van der Waals surface area (Å²) in [6.45, 7) is 5.59. The van der Waals surface area contributed by atoms with Gasteiger partial charge in [0.15, 0.2) is 17.3 Å². The van der Waals surface area contributed by atoms with Crippen molar-refractivity contribution in [1.29, 1.82) is 0 Å². The lowest BCUT2D eigenvalue weighted by atomic mass is 9.95. The van der Waals surface area contributed by atoms with Crippen molar-refractivity contribution in [3.63, 3.8) is 0 Å². The third-order valence-electron chi connectivity index (χ3n) is 6.20. The lowest BCUT2D eigenvalue weighted by Crippen LogP contribution is -2.44. The molecule has 2 aromatic rings. The molecule has 1 saturated heterocycles. The summed E-state index contributed by atoms with van der Waals surface area (Å²) in [5.41, 5.74) is 3.72. The molecule has 32 heavy (non-hydrogen) atoms. The Hall–Kier alpha value is -2.70. The van der Waals surface area contributed by atoms with Crippen molar-refractivity contribution in [2.24, 2.45) is 0 Å². The maximum atomic E-state index is 15.3. The summed E-state index contributed by atoms with van der Waals surface area (Å²) in [5.74, 6) is -0.459. The Bertz CT molecular complexity index is 982. The Kier molecular flexibility index (Phi) is 7.22. The number of rotatable bonds is 6. The molecule has 1 fully saturated rings. The lowest BCUT2D eigenvalue weighted by Gasteiger charge is -2.31. The third kappa shape index (κ3) is 5.03. The van der Waals surface area contributed by atoms with Crippen LogP contribution in [0.15, 0.2) is 42.6 Å². The normalized spacial score (nSPS) is 19.5. The zero-order valence-electron chi connectivity index (χ0n) is 18.8. The third-order valence-corrected chi connectivity index (χ3v) is 6.20. The second-order valence-corrected chi connectivity index (χ2v) is 8.49. The van der Waals surface area contributed by atoms with Crippen LogP contribution in [0.3, 0.4) is 0 Å². The second kappa shape index (κ2) is 10.3. The number of ketones is 1. The molecule has 0 saturated carbocycles. The van der Waals surface area contributed by atoms with E-state index in [2.05, 4.69) is 18.3 Å². The molecule has 0 bridgehead atoms. The minimum absolute atomic E-state index is 0.0812. The van der Waals surface area contributed by atoms with Crippen LogP contribution in [0.1, 0.15) is 53.2 Å². The van der Waals surface area contributed by atoms with E-state index < -0.39 is 5.82 Å². The van der Waals surface area contributed by atoms with E-state index >= 15 is 4.39 Å². The maximum absolute atomic E-state index is 15.3. The number of hydrogen-bond acceptors (Lipinski definition) is 5. The van der Waals surface area contributed by atoms with Gasteiger partial charge in [-0.05, 0) is 73.7 Å². The van der Waals surface area contributed by atoms with E-state index in [-0.39, 0.29) is 30.9 Å². The zero-order valence-corrected chi connectivity index (χ0v) is 18.8. The molecule has 0 amide bonds. The van der Waals surface area contributed by atoms with Gasteiger partial charge in [-0.2, -0.15) is 0 Å². The highest BCUT2D eigenvalue weighted by molar-refractivity contribution is 6.00. The number of ether oxygens (including phenoxy) is 2. The fraction of sp³-hybridized carbons (Fsp3) is 0.423. The van der Waals surface area contributed by atoms with Gasteiger partial charge in [-0.25, -0.2) is 4.39 Å². The number of carbonyl (C=O) groups excluding carboxylic acids is 1. The predicted molar refractivity (Wildman–Crippen MR) is 124 cm³/mol. The van der Waals surface area contributed by atoms with Gasteiger partial charge in [0.25, 0.3) is 0 Å². The highest BCUT2D eigenvalue weighted by Gasteiger charge is 2.31. The number of hydrogen-bond donors (Lipinski definition) is 1. The van der Waals surface area contributed by atoms with Gasteiger partial charge < -0.3 is 14.8 Å². The molecule has 1 atom stereocenters. The zero-order chi connectivity index (χ0) is 22.5. The Morgan fingerprint density at radius 2 is 2.09 bits per heavy atom. The van der Waals surface area contributed by atoms with Crippen molar-refractivity contribution < 1.29 is 18.7 Å². The van der Waals surface area contributed by atoms with Gasteiger partial charge in [-0.1, -0.05) is 25.1 Å². The first-order valence-electron chi connectivity index (χ1n) is 11.4. The summed E-state index contributed by atoms with van der Waals surface area (Å²) in [6, 6.07) is 9.99. The summed E-state index contributed by atoms with van der Waals surface area (Å²) >= 11 is 0. The largest absolute Gasteiger partial charge is 0.474 e. The number of allylic oxidation sites excluding steroid dienone is 1. The van der Waals surface area contributed by atoms with Gasteiger partial charge in [-0.3, -0.25) is 9.69 Å². The van der Waals surface area contributed by atoms with Crippen LogP contribution in [-0.2, 0) is 11.2 Å². The van der Waals surface area contributed by atoms with Crippen LogP contribution in [0.4, 0.5) is 10.1 Å². The molecular weight excluding hydrogens is 407 g/mol. The summed E-state index contributed by atoms with van der Waals surface area (Å²) in [5, 5.41) is 3.23. The first-order valence-corrected chi connectivity index (χ1v) is 11.4. The van der Waals surface area contributed by atoms with E-state index in [1.165, 1.54) is 0 Å². The van der Waals surface area contributed by atoms with Crippen molar-refractivity contribution in [2.45, 2.75) is 45.6 Å². The van der Waals surface area contributed by atoms with Crippen molar-refractivity contribution >= 4 is 11.5 Å². The fourth-order valence-corrected chi connectivity index (χ4v) is 4.23. The molecule has 1 N–H and O–H groups in total. The first-order chi connectivity index (χ1) is 15.6. The Labute approximate surface area is 189 Å². The van der Waals surface area contributed by atoms with Gasteiger partial charge in [-0.15, -0.1) is 0 Å². The molecule has 6 heteroatoms. The predicted octanol–water partition coefficient (Wildman–Crippen LogP) is 5.07. The SMILES string of the molecule is CC/C=C\Nc1ccc(Cc2cc3c(c(F)c2C)OCN(C2CCCOC2)CC3=O)cc1. The number of benzene rings is 2. The summed E-state index contributed by atoms with van der Waals surface area (Å²) in [6.07, 6.45) is 7.42. The Balaban J connectivity index is 1.53. The first kappa shape index (κ1) is 22.5. The number of Topliss-reactive ketones (excluding diaryl/α,β-unsaturated/α-hetero) is 1. The van der Waals surface area contributed by atoms with Crippen molar-refractivity contribution in [3.8, 4) is 5.75 Å². The van der Waals surface area contributed by atoms with Crippen molar-refractivity contribution in [2.75, 3.05) is 31.8 Å². The number of halogens is 1. The molecule has 170 valence electrons. The standard InChI is InChI=1S/C26H31FN2O3/c1-3-4-11-28-21-9-7-19(8-10-21)13-20-14-23-24(30)15-29(22-6-5-12-31-16-22)17-32-26(23)25(27)18(20)2/h4,7-11,14,22,28H,3,5-6,12-13,15-17H2,1-2H3/b11-4-. The number of anilines is 1. The molecule has 0 aromatic heterocycles. The average molecular weight is 439 g/mol. The van der Waals surface area contributed by atoms with E-state index in [0.29, 0.717) is 24.2 Å². The minimum Gasteiger partial charge on any atom is -0.474 e. The molecule has 2 aliphatic rings.